The quantitative estimate of drug-likeness (QED) is 0.806. The van der Waals surface area contributed by atoms with Gasteiger partial charge in [-0.05, 0) is 36.5 Å². The third-order valence-corrected chi connectivity index (χ3v) is 3.73. The van der Waals surface area contributed by atoms with Crippen LogP contribution in [0.25, 0.3) is 0 Å². The smallest absolute Gasteiger partial charge is 0.119 e. The maximum absolute atomic E-state index is 9.94. The van der Waals surface area contributed by atoms with E-state index < -0.39 is 6.10 Å². The molecule has 3 heteroatoms. The van der Waals surface area contributed by atoms with E-state index in [-0.39, 0.29) is 5.41 Å². The Morgan fingerprint density at radius 1 is 1.20 bits per heavy atom. The number of benzene rings is 1. The van der Waals surface area contributed by atoms with Crippen molar-refractivity contribution in [2.75, 3.05) is 13.2 Å². The zero-order chi connectivity index (χ0) is 15.2. The van der Waals surface area contributed by atoms with E-state index in [0.29, 0.717) is 19.2 Å². The minimum absolute atomic E-state index is 0.191. The minimum Gasteiger partial charge on any atom is -0.491 e. The summed E-state index contributed by atoms with van der Waals surface area (Å²) < 4.78 is 5.60. The fourth-order valence-corrected chi connectivity index (χ4v) is 1.69. The van der Waals surface area contributed by atoms with Crippen molar-refractivity contribution in [3.05, 3.63) is 29.8 Å². The molecule has 1 aromatic rings. The van der Waals surface area contributed by atoms with E-state index >= 15 is 0 Å². The molecule has 0 amide bonds. The normalized spacial score (nSPS) is 14.9. The lowest BCUT2D eigenvalue weighted by molar-refractivity contribution is 0.0986. The average molecular weight is 279 g/mol. The number of ether oxygens (including phenoxy) is 1. The van der Waals surface area contributed by atoms with Crippen molar-refractivity contribution in [3.63, 3.8) is 0 Å². The molecule has 1 aromatic carbocycles. The molecule has 20 heavy (non-hydrogen) atoms. The number of nitrogens with one attached hydrogen (secondary N) is 1. The summed E-state index contributed by atoms with van der Waals surface area (Å²) in [6, 6.07) is 8.37. The highest BCUT2D eigenvalue weighted by Gasteiger charge is 2.20. The molecule has 0 aliphatic rings. The van der Waals surface area contributed by atoms with Crippen LogP contribution in [0, 0.1) is 5.41 Å². The summed E-state index contributed by atoms with van der Waals surface area (Å²) in [5.41, 5.74) is 1.48. The molecular formula is C17H29NO2. The standard InChI is InChI=1S/C17H29NO2/c1-6-14-7-9-16(10-8-14)20-12-15(19)11-18-13(2)17(3,4)5/h7-10,13,15,18-19H,6,11-12H2,1-5H3. The molecule has 114 valence electrons. The van der Waals surface area contributed by atoms with Crippen LogP contribution >= 0.6 is 0 Å². The van der Waals surface area contributed by atoms with Gasteiger partial charge in [0.25, 0.3) is 0 Å². The topological polar surface area (TPSA) is 41.5 Å². The van der Waals surface area contributed by atoms with Crippen LogP contribution in [0.4, 0.5) is 0 Å². The Balaban J connectivity index is 2.30. The van der Waals surface area contributed by atoms with Crippen LogP contribution in [-0.4, -0.2) is 30.4 Å². The Hall–Kier alpha value is -1.06. The first-order chi connectivity index (χ1) is 9.32. The third kappa shape index (κ3) is 5.93. The molecule has 3 nitrogen and oxygen atoms in total. The van der Waals surface area contributed by atoms with Crippen LogP contribution in [0.3, 0.4) is 0 Å². The van der Waals surface area contributed by atoms with Gasteiger partial charge in [-0.3, -0.25) is 0 Å². The van der Waals surface area contributed by atoms with Crippen LogP contribution < -0.4 is 10.1 Å². The summed E-state index contributed by atoms with van der Waals surface area (Å²) in [4.78, 5) is 0. The summed E-state index contributed by atoms with van der Waals surface area (Å²) in [6.45, 7) is 11.7. The first-order valence-electron chi connectivity index (χ1n) is 7.46. The largest absolute Gasteiger partial charge is 0.491 e. The van der Waals surface area contributed by atoms with Gasteiger partial charge in [-0.15, -0.1) is 0 Å². The van der Waals surface area contributed by atoms with Crippen molar-refractivity contribution < 1.29 is 9.84 Å². The van der Waals surface area contributed by atoms with Gasteiger partial charge in [0.2, 0.25) is 0 Å². The zero-order valence-electron chi connectivity index (χ0n) is 13.4. The van der Waals surface area contributed by atoms with Crippen LogP contribution in [0.5, 0.6) is 5.75 Å². The summed E-state index contributed by atoms with van der Waals surface area (Å²) in [5.74, 6) is 0.810. The SMILES string of the molecule is CCc1ccc(OCC(O)CNC(C)C(C)(C)C)cc1. The highest BCUT2D eigenvalue weighted by atomic mass is 16.5. The molecule has 0 aliphatic carbocycles. The maximum Gasteiger partial charge on any atom is 0.119 e. The third-order valence-electron chi connectivity index (χ3n) is 3.73. The maximum atomic E-state index is 9.94. The van der Waals surface area contributed by atoms with E-state index in [0.717, 1.165) is 12.2 Å². The monoisotopic (exact) mass is 279 g/mol. The van der Waals surface area contributed by atoms with Crippen molar-refractivity contribution in [2.24, 2.45) is 5.41 Å². The molecular weight excluding hydrogens is 250 g/mol. The van der Waals surface area contributed by atoms with E-state index in [9.17, 15) is 5.11 Å². The Bertz CT molecular complexity index is 381. The number of aliphatic hydroxyl groups excluding tert-OH is 1. The lowest BCUT2D eigenvalue weighted by Gasteiger charge is -2.29. The van der Waals surface area contributed by atoms with Gasteiger partial charge in [0.15, 0.2) is 0 Å². The highest BCUT2D eigenvalue weighted by Crippen LogP contribution is 2.18. The van der Waals surface area contributed by atoms with Gasteiger partial charge in [-0.2, -0.15) is 0 Å². The Morgan fingerprint density at radius 3 is 2.30 bits per heavy atom. The molecule has 0 heterocycles. The number of aliphatic hydroxyl groups is 1. The predicted molar refractivity (Wildman–Crippen MR) is 84.2 cm³/mol. The van der Waals surface area contributed by atoms with Gasteiger partial charge in [0, 0.05) is 12.6 Å². The first-order valence-corrected chi connectivity index (χ1v) is 7.46. The lowest BCUT2D eigenvalue weighted by atomic mass is 9.88. The van der Waals surface area contributed by atoms with E-state index in [1.807, 2.05) is 12.1 Å². The van der Waals surface area contributed by atoms with Crippen molar-refractivity contribution in [1.29, 1.82) is 0 Å². The Kier molecular flexibility index (Phi) is 6.50. The molecule has 0 aromatic heterocycles. The second kappa shape index (κ2) is 7.65. The van der Waals surface area contributed by atoms with E-state index in [2.05, 4.69) is 52.1 Å². The van der Waals surface area contributed by atoms with Gasteiger partial charge in [0.1, 0.15) is 18.5 Å². The summed E-state index contributed by atoms with van der Waals surface area (Å²) >= 11 is 0. The fourth-order valence-electron chi connectivity index (χ4n) is 1.69. The second-order valence-electron chi connectivity index (χ2n) is 6.46. The predicted octanol–water partition coefficient (Wildman–Crippen LogP) is 3.01. The van der Waals surface area contributed by atoms with Crippen molar-refractivity contribution >= 4 is 0 Å². The minimum atomic E-state index is -0.495. The van der Waals surface area contributed by atoms with E-state index in [4.69, 9.17) is 4.74 Å². The van der Waals surface area contributed by atoms with Crippen LogP contribution in [0.15, 0.2) is 24.3 Å². The molecule has 0 aliphatic heterocycles. The van der Waals surface area contributed by atoms with Gasteiger partial charge in [-0.1, -0.05) is 39.8 Å². The number of hydrogen-bond donors (Lipinski definition) is 2. The molecule has 2 atom stereocenters. The molecule has 0 saturated heterocycles. The van der Waals surface area contributed by atoms with Crippen molar-refractivity contribution in [1.82, 2.24) is 5.32 Å². The van der Waals surface area contributed by atoms with Gasteiger partial charge in [0.05, 0.1) is 0 Å². The second-order valence-corrected chi connectivity index (χ2v) is 6.46. The molecule has 0 radical (unpaired) electrons. The summed E-state index contributed by atoms with van der Waals surface area (Å²) in [7, 11) is 0. The van der Waals surface area contributed by atoms with Crippen LogP contribution in [-0.2, 0) is 6.42 Å². The summed E-state index contributed by atoms with van der Waals surface area (Å²) in [5, 5.41) is 13.3. The molecule has 0 bridgehead atoms. The molecule has 1 rings (SSSR count). The van der Waals surface area contributed by atoms with Gasteiger partial charge >= 0.3 is 0 Å². The number of aryl methyl sites for hydroxylation is 1. The fraction of sp³-hybridized carbons (Fsp3) is 0.647. The molecule has 0 saturated carbocycles. The van der Waals surface area contributed by atoms with E-state index in [1.54, 1.807) is 0 Å². The Labute approximate surface area is 123 Å². The first kappa shape index (κ1) is 17.0. The molecule has 2 unspecified atom stereocenters. The van der Waals surface area contributed by atoms with Gasteiger partial charge < -0.3 is 15.2 Å². The Morgan fingerprint density at radius 2 is 1.80 bits per heavy atom. The van der Waals surface area contributed by atoms with Crippen molar-refractivity contribution in [2.45, 2.75) is 53.2 Å². The van der Waals surface area contributed by atoms with E-state index in [1.165, 1.54) is 5.56 Å². The summed E-state index contributed by atoms with van der Waals surface area (Å²) in [6.07, 6.45) is 0.531. The lowest BCUT2D eigenvalue weighted by Crippen LogP contribution is -2.42. The van der Waals surface area contributed by atoms with Gasteiger partial charge in [-0.25, -0.2) is 0 Å². The number of hydrogen-bond acceptors (Lipinski definition) is 3. The number of rotatable bonds is 7. The van der Waals surface area contributed by atoms with Crippen LogP contribution in [0.2, 0.25) is 0 Å². The molecule has 0 fully saturated rings. The zero-order valence-corrected chi connectivity index (χ0v) is 13.4. The average Bonchev–Trinajstić information content (AvgIpc) is 2.41. The highest BCUT2D eigenvalue weighted by molar-refractivity contribution is 5.27. The van der Waals surface area contributed by atoms with Crippen LogP contribution in [0.1, 0.15) is 40.2 Å². The molecule has 2 N–H and O–H groups in total. The van der Waals surface area contributed by atoms with Crippen molar-refractivity contribution in [3.8, 4) is 5.75 Å². The molecule has 0 spiro atoms.